The molecule has 0 bridgehead atoms. The highest BCUT2D eigenvalue weighted by Crippen LogP contribution is 2.43. The van der Waals surface area contributed by atoms with Crippen molar-refractivity contribution in [3.8, 4) is 0 Å². The predicted octanol–water partition coefficient (Wildman–Crippen LogP) is 16.2. The highest BCUT2D eigenvalue weighted by atomic mass is 31.2. The lowest BCUT2D eigenvalue weighted by atomic mass is 10.1. The molecule has 0 rings (SSSR count). The first-order valence-corrected chi connectivity index (χ1v) is 29.3. The summed E-state index contributed by atoms with van der Waals surface area (Å²) in [5.41, 5.74) is 0. The van der Waals surface area contributed by atoms with E-state index in [0.717, 1.165) is 128 Å². The van der Waals surface area contributed by atoms with E-state index < -0.39 is 57.8 Å². The van der Waals surface area contributed by atoms with E-state index in [4.69, 9.17) is 23.3 Å². The zero-order valence-corrected chi connectivity index (χ0v) is 46.0. The van der Waals surface area contributed by atoms with Crippen LogP contribution >= 0.6 is 7.82 Å². The average Bonchev–Trinajstić information content (AvgIpc) is 3.37. The Morgan fingerprint density at radius 3 is 1.24 bits per heavy atom. The molecule has 3 unspecified atom stereocenters. The smallest absolute Gasteiger partial charge is 0.462 e. The first-order chi connectivity index (χ1) is 35.2. The summed E-state index contributed by atoms with van der Waals surface area (Å²) in [6, 6.07) is 0. The van der Waals surface area contributed by atoms with Gasteiger partial charge in [0.2, 0.25) is 0 Å². The number of rotatable bonds is 50. The SMILES string of the molecule is CC/C=C\C/C=C\C/C=C\C/C=C\C/C=C\CC(=O)OC(CO)COP(=O)(O)OCC(COC(=O)CCCCCCC/C=C\CCCCCC)OC(=O)CCCCCCCCC/C=C\C/C=C\C/C=C\CC. The van der Waals surface area contributed by atoms with Crippen molar-refractivity contribution in [1.82, 2.24) is 0 Å². The molecule has 0 aromatic carbocycles. The summed E-state index contributed by atoms with van der Waals surface area (Å²) in [5.74, 6) is -1.63. The Bertz CT molecular complexity index is 1620. The van der Waals surface area contributed by atoms with Crippen molar-refractivity contribution in [1.29, 1.82) is 0 Å². The molecule has 0 aliphatic rings. The third-order valence-corrected chi connectivity index (χ3v) is 12.1. The summed E-state index contributed by atoms with van der Waals surface area (Å²) in [4.78, 5) is 48.4. The molecule has 0 aliphatic carbocycles. The van der Waals surface area contributed by atoms with Crippen LogP contribution in [0, 0.1) is 0 Å². The summed E-state index contributed by atoms with van der Waals surface area (Å²) in [7, 11) is -4.78. The number of esters is 3. The summed E-state index contributed by atoms with van der Waals surface area (Å²) < 4.78 is 39.3. The molecule has 0 saturated heterocycles. The number of phosphoric acid groups is 1. The third-order valence-electron chi connectivity index (χ3n) is 11.2. The minimum atomic E-state index is -4.78. The van der Waals surface area contributed by atoms with Gasteiger partial charge in [0.15, 0.2) is 6.10 Å². The van der Waals surface area contributed by atoms with Gasteiger partial charge >= 0.3 is 25.7 Å². The van der Waals surface area contributed by atoms with Crippen LogP contribution < -0.4 is 0 Å². The minimum Gasteiger partial charge on any atom is -0.462 e. The monoisotopic (exact) mass is 1030 g/mol. The zero-order valence-electron chi connectivity index (χ0n) is 45.1. The Kier molecular flexibility index (Phi) is 50.6. The summed E-state index contributed by atoms with van der Waals surface area (Å²) >= 11 is 0. The quantitative estimate of drug-likeness (QED) is 0.0197. The molecule has 0 fully saturated rings. The highest BCUT2D eigenvalue weighted by molar-refractivity contribution is 7.47. The van der Waals surface area contributed by atoms with Crippen molar-refractivity contribution in [2.45, 2.75) is 226 Å². The van der Waals surface area contributed by atoms with Gasteiger partial charge in [0.05, 0.1) is 26.2 Å². The Balaban J connectivity index is 4.84. The molecule has 0 aromatic heterocycles. The van der Waals surface area contributed by atoms with Gasteiger partial charge in [-0.1, -0.05) is 201 Å². The predicted molar refractivity (Wildman–Crippen MR) is 297 cm³/mol. The second kappa shape index (κ2) is 53.4. The van der Waals surface area contributed by atoms with E-state index in [1.165, 1.54) is 25.7 Å². The van der Waals surface area contributed by atoms with Gasteiger partial charge in [-0.25, -0.2) is 4.57 Å². The van der Waals surface area contributed by atoms with Crippen LogP contribution in [-0.2, 0) is 42.2 Å². The number of allylic oxidation sites excluding steroid dienone is 17. The second-order valence-electron chi connectivity index (χ2n) is 18.0. The van der Waals surface area contributed by atoms with Crippen LogP contribution in [0.5, 0.6) is 0 Å². The average molecular weight is 1030 g/mol. The van der Waals surface area contributed by atoms with Gasteiger partial charge in [-0.2, -0.15) is 0 Å². The molecule has 11 nitrogen and oxygen atoms in total. The van der Waals surface area contributed by atoms with E-state index in [1.54, 1.807) is 6.08 Å². The summed E-state index contributed by atoms with van der Waals surface area (Å²) in [5, 5.41) is 9.78. The molecular formula is C60H99O11P. The highest BCUT2D eigenvalue weighted by Gasteiger charge is 2.28. The molecule has 2 N–H and O–H groups in total. The lowest BCUT2D eigenvalue weighted by molar-refractivity contribution is -0.161. The van der Waals surface area contributed by atoms with Crippen LogP contribution in [-0.4, -0.2) is 66.5 Å². The van der Waals surface area contributed by atoms with Crippen LogP contribution in [0.25, 0.3) is 0 Å². The maximum absolute atomic E-state index is 12.9. The molecule has 0 heterocycles. The first-order valence-electron chi connectivity index (χ1n) is 27.8. The fourth-order valence-corrected chi connectivity index (χ4v) is 7.81. The second-order valence-corrected chi connectivity index (χ2v) is 19.4. The van der Waals surface area contributed by atoms with Crippen molar-refractivity contribution < 1.29 is 52.2 Å². The topological polar surface area (TPSA) is 155 Å². The van der Waals surface area contributed by atoms with Gasteiger partial charge in [-0.3, -0.25) is 23.4 Å². The lowest BCUT2D eigenvalue weighted by Crippen LogP contribution is -2.30. The molecule has 72 heavy (non-hydrogen) atoms. The van der Waals surface area contributed by atoms with Crippen molar-refractivity contribution in [2.75, 3.05) is 26.4 Å². The van der Waals surface area contributed by atoms with Gasteiger partial charge in [0, 0.05) is 12.8 Å². The molecule has 410 valence electrons. The Hall–Kier alpha value is -3.86. The van der Waals surface area contributed by atoms with Crippen LogP contribution in [0.1, 0.15) is 213 Å². The molecule has 0 radical (unpaired) electrons. The normalized spacial score (nSPS) is 14.2. The van der Waals surface area contributed by atoms with Gasteiger partial charge in [-0.05, 0) is 103 Å². The van der Waals surface area contributed by atoms with Gasteiger partial charge in [0.1, 0.15) is 12.7 Å². The van der Waals surface area contributed by atoms with E-state index >= 15 is 0 Å². The van der Waals surface area contributed by atoms with Crippen LogP contribution in [0.15, 0.2) is 109 Å². The van der Waals surface area contributed by atoms with E-state index in [9.17, 15) is 28.9 Å². The number of unbranched alkanes of at least 4 members (excludes halogenated alkanes) is 16. The van der Waals surface area contributed by atoms with E-state index in [1.807, 2.05) is 18.2 Å². The number of ether oxygens (including phenoxy) is 3. The number of aliphatic hydroxyl groups excluding tert-OH is 1. The Morgan fingerprint density at radius 1 is 0.417 bits per heavy atom. The van der Waals surface area contributed by atoms with Gasteiger partial charge in [0.25, 0.3) is 0 Å². The molecular weight excluding hydrogens is 928 g/mol. The third kappa shape index (κ3) is 51.1. The number of hydrogen-bond donors (Lipinski definition) is 2. The summed E-state index contributed by atoms with van der Waals surface area (Å²) in [6.45, 7) is 4.26. The first kappa shape index (κ1) is 68.1. The standard InChI is InChI=1S/C60H99O11P/c1-4-7-10-13-16-19-22-25-27-28-30-33-36-39-42-45-48-51-60(64)71-57(53-67-58(62)49-46-43-40-37-34-31-24-21-18-15-12-9-6-3)55-69-72(65,66)68-54-56(52-61)70-59(63)50-47-44-41-38-35-32-29-26-23-20-17-14-11-8-5-2/h7-8,10-11,16-17,19-21,24-27,29,35,38,44,47,56-57,61H,4-6,9,12-15,18,22-23,28,30-34,36-37,39-43,45-46,48-55H2,1-3H3,(H,65,66)/b10-7-,11-8-,19-16-,20-17-,24-21-,27-25-,29-26-,38-35-,47-44-. The van der Waals surface area contributed by atoms with Crippen molar-refractivity contribution in [2.24, 2.45) is 0 Å². The molecule has 12 heteroatoms. The number of phosphoric ester groups is 1. The van der Waals surface area contributed by atoms with E-state index in [0.29, 0.717) is 19.3 Å². The maximum Gasteiger partial charge on any atom is 0.472 e. The molecule has 0 spiro atoms. The zero-order chi connectivity index (χ0) is 52.7. The van der Waals surface area contributed by atoms with Crippen LogP contribution in [0.4, 0.5) is 0 Å². The van der Waals surface area contributed by atoms with Crippen molar-refractivity contribution in [3.05, 3.63) is 109 Å². The minimum absolute atomic E-state index is 0.0606. The number of hydrogen-bond acceptors (Lipinski definition) is 10. The fraction of sp³-hybridized carbons (Fsp3) is 0.650. The largest absolute Gasteiger partial charge is 0.472 e. The molecule has 0 saturated carbocycles. The Labute approximate surface area is 437 Å². The molecule has 0 amide bonds. The molecule has 3 atom stereocenters. The Morgan fingerprint density at radius 2 is 0.778 bits per heavy atom. The van der Waals surface area contributed by atoms with Crippen LogP contribution in [0.2, 0.25) is 0 Å². The van der Waals surface area contributed by atoms with Gasteiger partial charge < -0.3 is 24.2 Å². The fourth-order valence-electron chi connectivity index (χ4n) is 7.03. The van der Waals surface area contributed by atoms with Crippen molar-refractivity contribution >= 4 is 25.7 Å². The van der Waals surface area contributed by atoms with Gasteiger partial charge in [-0.15, -0.1) is 0 Å². The number of carbonyl (C=O) groups is 3. The molecule has 0 aromatic rings. The maximum atomic E-state index is 12.9. The number of aliphatic hydroxyl groups is 1. The number of carbonyl (C=O) groups excluding carboxylic acids is 3. The van der Waals surface area contributed by atoms with E-state index in [2.05, 4.69) is 106 Å². The molecule has 0 aliphatic heterocycles. The van der Waals surface area contributed by atoms with Crippen LogP contribution in [0.3, 0.4) is 0 Å². The van der Waals surface area contributed by atoms with Crippen molar-refractivity contribution in [3.63, 3.8) is 0 Å². The lowest BCUT2D eigenvalue weighted by Gasteiger charge is -2.21. The summed E-state index contributed by atoms with van der Waals surface area (Å²) in [6.07, 6.45) is 63.6. The van der Waals surface area contributed by atoms with E-state index in [-0.39, 0.29) is 25.9 Å².